The fraction of sp³-hybridized carbons (Fsp3) is 0.333. The first-order valence-corrected chi connectivity index (χ1v) is 11.3. The van der Waals surface area contributed by atoms with Crippen LogP contribution in [0.3, 0.4) is 0 Å². The van der Waals surface area contributed by atoms with E-state index in [4.69, 9.17) is 0 Å². The zero-order valence-electron chi connectivity index (χ0n) is 14.3. The van der Waals surface area contributed by atoms with Crippen LogP contribution in [-0.2, 0) is 27.5 Å². The Morgan fingerprint density at radius 1 is 0.923 bits per heavy atom. The molecule has 2 aromatic rings. The lowest BCUT2D eigenvalue weighted by atomic mass is 10.0. The molecule has 26 heavy (non-hydrogen) atoms. The van der Waals surface area contributed by atoms with Gasteiger partial charge in [0.1, 0.15) is 10.1 Å². The van der Waals surface area contributed by atoms with Crippen LogP contribution in [0.2, 0.25) is 0 Å². The third-order valence-corrected chi connectivity index (χ3v) is 7.67. The molecular weight excluding hydrogens is 375 g/mol. The van der Waals surface area contributed by atoms with Crippen molar-refractivity contribution >= 4 is 17.7 Å². The molecule has 0 amide bonds. The molecule has 8 heteroatoms. The van der Waals surface area contributed by atoms with Crippen LogP contribution >= 0.6 is 7.60 Å². The van der Waals surface area contributed by atoms with Crippen LogP contribution in [0, 0.1) is 0 Å². The highest BCUT2D eigenvalue weighted by molar-refractivity contribution is 7.93. The van der Waals surface area contributed by atoms with Gasteiger partial charge in [-0.2, -0.15) is 0 Å². The quantitative estimate of drug-likeness (QED) is 0.498. The Morgan fingerprint density at radius 2 is 1.38 bits per heavy atom. The molecule has 0 aliphatic carbocycles. The summed E-state index contributed by atoms with van der Waals surface area (Å²) in [5.41, 5.74) is 4.22. The molecule has 0 spiro atoms. The third-order valence-electron chi connectivity index (χ3n) is 4.25. The van der Waals surface area contributed by atoms with Gasteiger partial charge in [0.15, 0.2) is 0 Å². The molecule has 2 rings (SSSR count). The van der Waals surface area contributed by atoms with Gasteiger partial charge in [0.2, 0.25) is 0 Å². The standard InChI is InChI=1S/C18H23O6PS/c1-2-14-6-10-16(11-7-14)17-12-8-15(9-13-17)4-3-5-18(25(19,20)21)26(22,23)24/h6-13,18H,2-5H2,1H3,(H2,19,20,21)(H,22,23,24)/p-3. The van der Waals surface area contributed by atoms with E-state index < -0.39 is 29.1 Å². The summed E-state index contributed by atoms with van der Waals surface area (Å²) >= 11 is 0. The molecule has 6 nitrogen and oxygen atoms in total. The maximum Gasteiger partial charge on any atom is 0.102 e. The third kappa shape index (κ3) is 5.76. The second-order valence-electron chi connectivity index (χ2n) is 6.13. The molecule has 2 aromatic carbocycles. The van der Waals surface area contributed by atoms with Crippen LogP contribution in [0.1, 0.15) is 30.9 Å². The zero-order chi connectivity index (χ0) is 19.4. The molecule has 0 N–H and O–H groups in total. The monoisotopic (exact) mass is 395 g/mol. The van der Waals surface area contributed by atoms with E-state index in [1.807, 2.05) is 36.4 Å². The van der Waals surface area contributed by atoms with Crippen molar-refractivity contribution in [1.82, 2.24) is 0 Å². The highest BCUT2D eigenvalue weighted by atomic mass is 32.2. The summed E-state index contributed by atoms with van der Waals surface area (Å²) in [7, 11) is -10.6. The number of benzene rings is 2. The molecule has 142 valence electrons. The fourth-order valence-electron chi connectivity index (χ4n) is 2.74. The fourth-order valence-corrected chi connectivity index (χ4v) is 4.96. The largest absolute Gasteiger partial charge is 0.810 e. The SMILES string of the molecule is CCc1ccc(-c2ccc(CCCC(P(=O)([O-])[O-])S(=O)(=O)[O-])cc2)cc1. The van der Waals surface area contributed by atoms with E-state index in [0.717, 1.165) is 23.1 Å². The topological polar surface area (TPSA) is 120 Å². The van der Waals surface area contributed by atoms with Gasteiger partial charge in [-0.25, -0.2) is 8.42 Å². The van der Waals surface area contributed by atoms with E-state index in [0.29, 0.717) is 6.42 Å². The summed E-state index contributed by atoms with van der Waals surface area (Å²) in [6.45, 7) is 2.09. The predicted molar refractivity (Wildman–Crippen MR) is 95.3 cm³/mol. The summed E-state index contributed by atoms with van der Waals surface area (Å²) in [4.78, 5) is 19.5. The van der Waals surface area contributed by atoms with Gasteiger partial charge in [-0.15, -0.1) is 0 Å². The summed E-state index contributed by atoms with van der Waals surface area (Å²) in [5, 5.41) is 0. The van der Waals surface area contributed by atoms with Gasteiger partial charge in [0.25, 0.3) is 0 Å². The summed E-state index contributed by atoms with van der Waals surface area (Å²) in [5.74, 6) is 0. The Balaban J connectivity index is 1.99. The average molecular weight is 395 g/mol. The molecule has 0 fully saturated rings. The Bertz CT molecular complexity index is 869. The second kappa shape index (κ2) is 8.46. The molecule has 0 radical (unpaired) electrons. The van der Waals surface area contributed by atoms with Crippen LogP contribution < -0.4 is 9.79 Å². The summed E-state index contributed by atoms with van der Waals surface area (Å²) in [6.07, 6.45) is 0.974. The highest BCUT2D eigenvalue weighted by Gasteiger charge is 2.19. The molecule has 0 heterocycles. The molecular formula is C18H20O6PS-3. The van der Waals surface area contributed by atoms with Crippen LogP contribution in [-0.4, -0.2) is 18.0 Å². The lowest BCUT2D eigenvalue weighted by Crippen LogP contribution is -2.32. The van der Waals surface area contributed by atoms with Gasteiger partial charge in [-0.05, 0) is 47.9 Å². The zero-order valence-corrected chi connectivity index (χ0v) is 16.0. The molecule has 0 aromatic heterocycles. The maximum absolute atomic E-state index is 11.0. The minimum absolute atomic E-state index is 0.116. The molecule has 1 atom stereocenters. The van der Waals surface area contributed by atoms with E-state index in [2.05, 4.69) is 19.1 Å². The van der Waals surface area contributed by atoms with Gasteiger partial charge < -0.3 is 18.9 Å². The first kappa shape index (κ1) is 20.8. The van der Waals surface area contributed by atoms with E-state index in [1.54, 1.807) is 0 Å². The van der Waals surface area contributed by atoms with Crippen molar-refractivity contribution < 1.29 is 27.3 Å². The van der Waals surface area contributed by atoms with Crippen LogP contribution in [0.25, 0.3) is 11.1 Å². The minimum atomic E-state index is -5.47. The van der Waals surface area contributed by atoms with Gasteiger partial charge in [0.05, 0.1) is 4.99 Å². The predicted octanol–water partition coefficient (Wildman–Crippen LogP) is 2.02. The molecule has 0 aliphatic heterocycles. The molecule has 0 saturated heterocycles. The maximum atomic E-state index is 11.0. The van der Waals surface area contributed by atoms with Crippen molar-refractivity contribution in [3.05, 3.63) is 59.7 Å². The van der Waals surface area contributed by atoms with Crippen LogP contribution in [0.15, 0.2) is 48.5 Å². The normalized spacial score (nSPS) is 13.5. The highest BCUT2D eigenvalue weighted by Crippen LogP contribution is 2.38. The van der Waals surface area contributed by atoms with E-state index in [9.17, 15) is 27.3 Å². The van der Waals surface area contributed by atoms with Crippen LogP contribution in [0.5, 0.6) is 0 Å². The van der Waals surface area contributed by atoms with Crippen molar-refractivity contribution in [1.29, 1.82) is 0 Å². The Hall–Kier alpha value is -1.50. The second-order valence-corrected chi connectivity index (χ2v) is 9.73. The number of rotatable bonds is 8. The molecule has 0 saturated carbocycles. The van der Waals surface area contributed by atoms with Crippen molar-refractivity contribution in [2.75, 3.05) is 0 Å². The van der Waals surface area contributed by atoms with E-state index >= 15 is 0 Å². The minimum Gasteiger partial charge on any atom is -0.810 e. The molecule has 1 unspecified atom stereocenters. The smallest absolute Gasteiger partial charge is 0.102 e. The van der Waals surface area contributed by atoms with Gasteiger partial charge in [0, 0.05) is 0 Å². The first-order chi connectivity index (χ1) is 12.1. The number of hydrogen-bond acceptors (Lipinski definition) is 6. The van der Waals surface area contributed by atoms with Crippen molar-refractivity contribution in [3.63, 3.8) is 0 Å². The Labute approximate surface area is 153 Å². The van der Waals surface area contributed by atoms with Crippen molar-refractivity contribution in [2.24, 2.45) is 0 Å². The number of aryl methyl sites for hydroxylation is 2. The Morgan fingerprint density at radius 3 is 1.77 bits per heavy atom. The average Bonchev–Trinajstić information content (AvgIpc) is 2.57. The summed E-state index contributed by atoms with van der Waals surface area (Å²) < 4.78 is 43.8. The Kier molecular flexibility index (Phi) is 6.77. The lowest BCUT2D eigenvalue weighted by Gasteiger charge is -2.39. The lowest BCUT2D eigenvalue weighted by molar-refractivity contribution is -0.314. The van der Waals surface area contributed by atoms with Gasteiger partial charge >= 0.3 is 0 Å². The molecule has 0 aliphatic rings. The van der Waals surface area contributed by atoms with E-state index in [1.165, 1.54) is 5.56 Å². The first-order valence-electron chi connectivity index (χ1n) is 8.26. The van der Waals surface area contributed by atoms with Crippen molar-refractivity contribution in [3.8, 4) is 11.1 Å². The summed E-state index contributed by atoms with van der Waals surface area (Å²) in [6, 6.07) is 15.8. The van der Waals surface area contributed by atoms with Gasteiger partial charge in [-0.3, -0.25) is 0 Å². The van der Waals surface area contributed by atoms with Gasteiger partial charge in [-0.1, -0.05) is 63.1 Å². The van der Waals surface area contributed by atoms with E-state index in [-0.39, 0.29) is 6.42 Å². The van der Waals surface area contributed by atoms with Crippen molar-refractivity contribution in [2.45, 2.75) is 37.6 Å². The number of hydrogen-bond donors (Lipinski definition) is 0. The molecule has 0 bridgehead atoms. The van der Waals surface area contributed by atoms with Crippen LogP contribution in [0.4, 0.5) is 0 Å².